The molecular weight excluding hydrogens is 308 g/mol. The van der Waals surface area contributed by atoms with Crippen LogP contribution in [0.3, 0.4) is 0 Å². The minimum absolute atomic E-state index is 0.0141. The van der Waals surface area contributed by atoms with Crippen molar-refractivity contribution in [2.24, 2.45) is 0 Å². The van der Waals surface area contributed by atoms with Crippen molar-refractivity contribution in [2.75, 3.05) is 4.90 Å². The van der Waals surface area contributed by atoms with E-state index in [0.29, 0.717) is 6.04 Å². The number of nitrogens with zero attached hydrogens (tertiary/aromatic N) is 2. The fourth-order valence-electron chi connectivity index (χ4n) is 5.20. The van der Waals surface area contributed by atoms with Gasteiger partial charge in [-0.05, 0) is 50.5 Å². The van der Waals surface area contributed by atoms with Crippen molar-refractivity contribution in [1.82, 2.24) is 4.98 Å². The Morgan fingerprint density at radius 3 is 2.68 bits per heavy atom. The summed E-state index contributed by atoms with van der Waals surface area (Å²) in [5.41, 5.74) is 4.83. The van der Waals surface area contributed by atoms with Gasteiger partial charge in [-0.15, -0.1) is 0 Å². The molecule has 1 atom stereocenters. The van der Waals surface area contributed by atoms with Gasteiger partial charge in [0.15, 0.2) is 0 Å². The fraction of sp³-hybridized carbons (Fsp3) is 0.409. The molecule has 0 N–H and O–H groups in total. The van der Waals surface area contributed by atoms with Crippen LogP contribution >= 0.6 is 0 Å². The second kappa shape index (κ2) is 5.35. The van der Waals surface area contributed by atoms with Crippen LogP contribution in [-0.2, 0) is 5.54 Å². The first-order valence-electron chi connectivity index (χ1n) is 9.45. The number of para-hydroxylation sites is 1. The van der Waals surface area contributed by atoms with E-state index in [0.717, 1.165) is 5.71 Å². The van der Waals surface area contributed by atoms with Crippen LogP contribution in [0.4, 0.5) is 5.69 Å². The normalized spacial score (nSPS) is 21.8. The number of furan rings is 1. The lowest BCUT2D eigenvalue weighted by Crippen LogP contribution is -2.44. The van der Waals surface area contributed by atoms with Crippen LogP contribution in [-0.4, -0.2) is 4.98 Å². The average Bonchev–Trinajstić information content (AvgIpc) is 3.13. The first-order valence-corrected chi connectivity index (χ1v) is 9.45. The number of hydrogen-bond donors (Lipinski definition) is 0. The molecule has 3 aromatic rings. The van der Waals surface area contributed by atoms with Crippen LogP contribution < -0.4 is 4.90 Å². The summed E-state index contributed by atoms with van der Waals surface area (Å²) in [6.45, 7) is 4.55. The summed E-state index contributed by atoms with van der Waals surface area (Å²) in [5.74, 6) is 1.18. The minimum Gasteiger partial charge on any atom is -0.440 e. The Morgan fingerprint density at radius 2 is 1.88 bits per heavy atom. The molecule has 1 aliphatic heterocycles. The Labute approximate surface area is 148 Å². The highest BCUT2D eigenvalue weighted by molar-refractivity contribution is 5.83. The minimum atomic E-state index is -0.0141. The number of anilines is 1. The fourth-order valence-corrected chi connectivity index (χ4v) is 5.20. The van der Waals surface area contributed by atoms with Gasteiger partial charge in [0, 0.05) is 22.8 Å². The summed E-state index contributed by atoms with van der Waals surface area (Å²) >= 11 is 0. The van der Waals surface area contributed by atoms with Gasteiger partial charge >= 0.3 is 0 Å². The molecule has 5 rings (SSSR count). The Bertz CT molecular complexity index is 936. The zero-order valence-electron chi connectivity index (χ0n) is 15.0. The number of aryl methyl sites for hydroxylation is 1. The highest BCUT2D eigenvalue weighted by Gasteiger charge is 2.53. The maximum Gasteiger partial charge on any atom is 0.226 e. The predicted molar refractivity (Wildman–Crippen MR) is 101 cm³/mol. The topological polar surface area (TPSA) is 29.3 Å². The molecule has 2 aliphatic rings. The highest BCUT2D eigenvalue weighted by atomic mass is 16.3. The van der Waals surface area contributed by atoms with Crippen LogP contribution in [0, 0.1) is 6.92 Å². The van der Waals surface area contributed by atoms with E-state index in [2.05, 4.69) is 54.1 Å². The quantitative estimate of drug-likeness (QED) is 0.557. The summed E-state index contributed by atoms with van der Waals surface area (Å²) in [7, 11) is 0. The average molecular weight is 332 g/mol. The molecule has 3 heteroatoms. The molecule has 3 nitrogen and oxygen atoms in total. The van der Waals surface area contributed by atoms with E-state index < -0.39 is 0 Å². The molecule has 1 spiro atoms. The van der Waals surface area contributed by atoms with Gasteiger partial charge in [0.05, 0.1) is 11.6 Å². The summed E-state index contributed by atoms with van der Waals surface area (Å²) in [6.07, 6.45) is 8.01. The lowest BCUT2D eigenvalue weighted by Gasteiger charge is -2.45. The van der Waals surface area contributed by atoms with E-state index in [4.69, 9.17) is 4.42 Å². The molecule has 25 heavy (non-hydrogen) atoms. The zero-order valence-corrected chi connectivity index (χ0v) is 15.0. The highest BCUT2D eigenvalue weighted by Crippen LogP contribution is 2.57. The van der Waals surface area contributed by atoms with E-state index in [1.807, 2.05) is 12.3 Å². The first kappa shape index (κ1) is 15.0. The van der Waals surface area contributed by atoms with Gasteiger partial charge in [0.25, 0.3) is 0 Å². The number of hydrogen-bond acceptors (Lipinski definition) is 3. The van der Waals surface area contributed by atoms with Gasteiger partial charge in [-0.25, -0.2) is 4.98 Å². The van der Waals surface area contributed by atoms with Gasteiger partial charge in [-0.3, -0.25) is 0 Å². The SMILES string of the molecule is Cc1ccccc1N1C(C)c2c(oc3ncccc23)C12CCCCC2. The van der Waals surface area contributed by atoms with E-state index in [-0.39, 0.29) is 5.54 Å². The van der Waals surface area contributed by atoms with Crippen molar-refractivity contribution in [2.45, 2.75) is 57.5 Å². The van der Waals surface area contributed by atoms with Crippen molar-refractivity contribution in [1.29, 1.82) is 0 Å². The molecule has 0 radical (unpaired) electrons. The lowest BCUT2D eigenvalue weighted by atomic mass is 9.79. The maximum absolute atomic E-state index is 6.41. The number of pyridine rings is 1. The molecular formula is C22H24N2O. The van der Waals surface area contributed by atoms with Gasteiger partial charge in [0.2, 0.25) is 5.71 Å². The third-order valence-electron chi connectivity index (χ3n) is 6.25. The van der Waals surface area contributed by atoms with E-state index >= 15 is 0 Å². The van der Waals surface area contributed by atoms with Crippen LogP contribution in [0.15, 0.2) is 47.0 Å². The maximum atomic E-state index is 6.41. The molecule has 1 fully saturated rings. The molecule has 0 saturated heterocycles. The predicted octanol–water partition coefficient (Wildman–Crippen LogP) is 5.88. The molecule has 1 unspecified atom stereocenters. The third kappa shape index (κ3) is 1.95. The summed E-state index contributed by atoms with van der Waals surface area (Å²) < 4.78 is 6.41. The van der Waals surface area contributed by atoms with Gasteiger partial charge in [0.1, 0.15) is 5.76 Å². The molecule has 128 valence electrons. The molecule has 3 heterocycles. The Hall–Kier alpha value is -2.29. The second-order valence-corrected chi connectivity index (χ2v) is 7.63. The van der Waals surface area contributed by atoms with Crippen molar-refractivity contribution in [3.05, 3.63) is 59.5 Å². The number of rotatable bonds is 1. The molecule has 0 amide bonds. The van der Waals surface area contributed by atoms with E-state index in [1.54, 1.807) is 0 Å². The summed E-state index contributed by atoms with van der Waals surface area (Å²) in [6, 6.07) is 13.3. The van der Waals surface area contributed by atoms with E-state index in [9.17, 15) is 0 Å². The Balaban J connectivity index is 1.78. The molecule has 1 saturated carbocycles. The standard InChI is InChI=1S/C22H24N2O/c1-15-9-4-5-11-18(15)24-16(2)19-17-10-8-14-23-21(17)25-20(19)22(24)12-6-3-7-13-22/h4-5,8-11,14,16H,3,6-7,12-13H2,1-2H3. The monoisotopic (exact) mass is 332 g/mol. The lowest BCUT2D eigenvalue weighted by molar-refractivity contribution is 0.247. The number of benzene rings is 1. The van der Waals surface area contributed by atoms with Crippen LogP contribution in [0.2, 0.25) is 0 Å². The van der Waals surface area contributed by atoms with Crippen LogP contribution in [0.25, 0.3) is 11.1 Å². The van der Waals surface area contributed by atoms with E-state index in [1.165, 1.54) is 60.1 Å². The van der Waals surface area contributed by atoms with Crippen molar-refractivity contribution in [3.63, 3.8) is 0 Å². The van der Waals surface area contributed by atoms with Gasteiger partial charge in [-0.2, -0.15) is 0 Å². The van der Waals surface area contributed by atoms with Gasteiger partial charge in [-0.1, -0.05) is 37.5 Å². The number of fused-ring (bicyclic) bond motifs is 4. The zero-order chi connectivity index (χ0) is 17.0. The molecule has 2 aromatic heterocycles. The molecule has 1 aliphatic carbocycles. The second-order valence-electron chi connectivity index (χ2n) is 7.63. The van der Waals surface area contributed by atoms with Crippen molar-refractivity contribution in [3.8, 4) is 0 Å². The smallest absolute Gasteiger partial charge is 0.226 e. The third-order valence-corrected chi connectivity index (χ3v) is 6.25. The van der Waals surface area contributed by atoms with Crippen molar-refractivity contribution < 1.29 is 4.42 Å². The Morgan fingerprint density at radius 1 is 1.08 bits per heavy atom. The largest absolute Gasteiger partial charge is 0.440 e. The van der Waals surface area contributed by atoms with Crippen molar-refractivity contribution >= 4 is 16.8 Å². The number of aromatic nitrogens is 1. The summed E-state index contributed by atoms with van der Waals surface area (Å²) in [5, 5.41) is 1.19. The Kier molecular flexibility index (Phi) is 3.21. The first-order chi connectivity index (χ1) is 12.2. The molecule has 0 bridgehead atoms. The van der Waals surface area contributed by atoms with Gasteiger partial charge < -0.3 is 9.32 Å². The molecule has 1 aromatic carbocycles. The summed E-state index contributed by atoms with van der Waals surface area (Å²) in [4.78, 5) is 7.14. The van der Waals surface area contributed by atoms with Crippen LogP contribution in [0.5, 0.6) is 0 Å². The van der Waals surface area contributed by atoms with Crippen LogP contribution in [0.1, 0.15) is 62.0 Å².